The van der Waals surface area contributed by atoms with Crippen LogP contribution in [0.1, 0.15) is 15.9 Å². The highest BCUT2D eigenvalue weighted by Gasteiger charge is 2.14. The molecule has 3 aromatic rings. The van der Waals surface area contributed by atoms with Gasteiger partial charge in [0.25, 0.3) is 5.91 Å². The van der Waals surface area contributed by atoms with Gasteiger partial charge in [0.1, 0.15) is 0 Å². The fourth-order valence-electron chi connectivity index (χ4n) is 2.24. The maximum atomic E-state index is 12.5. The number of halogens is 1. The minimum Gasteiger partial charge on any atom is -0.337 e. The van der Waals surface area contributed by atoms with Crippen LogP contribution < -0.4 is 0 Å². The molecular weight excluding hydrogens is 330 g/mol. The van der Waals surface area contributed by atoms with Crippen molar-refractivity contribution in [3.05, 3.63) is 64.3 Å². The molecular formula is C16H14BrN3O. The number of H-pyrrole nitrogens is 1. The number of aromatic nitrogens is 2. The highest BCUT2D eigenvalue weighted by atomic mass is 79.9. The van der Waals surface area contributed by atoms with Crippen molar-refractivity contribution in [2.45, 2.75) is 6.54 Å². The van der Waals surface area contributed by atoms with Crippen LogP contribution in [0.5, 0.6) is 0 Å². The van der Waals surface area contributed by atoms with Gasteiger partial charge in [-0.05, 0) is 23.8 Å². The maximum absolute atomic E-state index is 12.5. The first kappa shape index (κ1) is 13.8. The highest BCUT2D eigenvalue weighted by molar-refractivity contribution is 9.10. The Labute approximate surface area is 130 Å². The molecule has 1 N–H and O–H groups in total. The molecule has 106 valence electrons. The fraction of sp³-hybridized carbons (Fsp3) is 0.125. The van der Waals surface area contributed by atoms with Gasteiger partial charge in [0.2, 0.25) is 0 Å². The Balaban J connectivity index is 1.82. The number of carbonyl (C=O) groups excluding carboxylic acids is 1. The van der Waals surface area contributed by atoms with Crippen molar-refractivity contribution < 1.29 is 4.79 Å². The molecule has 1 amide bonds. The maximum Gasteiger partial charge on any atom is 0.253 e. The van der Waals surface area contributed by atoms with Crippen LogP contribution in [0.4, 0.5) is 0 Å². The van der Waals surface area contributed by atoms with Crippen LogP contribution in [0.15, 0.2) is 53.1 Å². The van der Waals surface area contributed by atoms with E-state index in [-0.39, 0.29) is 5.91 Å². The fourth-order valence-corrected chi connectivity index (χ4v) is 2.65. The van der Waals surface area contributed by atoms with Gasteiger partial charge in [-0.25, -0.2) is 0 Å². The lowest BCUT2D eigenvalue weighted by atomic mass is 10.1. The molecule has 21 heavy (non-hydrogen) atoms. The van der Waals surface area contributed by atoms with E-state index in [9.17, 15) is 4.79 Å². The Morgan fingerprint density at radius 1 is 1.29 bits per heavy atom. The lowest BCUT2D eigenvalue weighted by Crippen LogP contribution is -2.26. The van der Waals surface area contributed by atoms with Gasteiger partial charge in [-0.2, -0.15) is 5.10 Å². The lowest BCUT2D eigenvalue weighted by molar-refractivity contribution is 0.0785. The summed E-state index contributed by atoms with van der Waals surface area (Å²) in [5.74, 6) is -0.0118. The third kappa shape index (κ3) is 2.83. The molecule has 4 nitrogen and oxygen atoms in total. The molecule has 0 fully saturated rings. The van der Waals surface area contributed by atoms with Crippen molar-refractivity contribution in [1.29, 1.82) is 0 Å². The summed E-state index contributed by atoms with van der Waals surface area (Å²) in [4.78, 5) is 14.2. The predicted octanol–water partition coefficient (Wildman–Crippen LogP) is 3.60. The Hall–Kier alpha value is -2.14. The van der Waals surface area contributed by atoms with Crippen molar-refractivity contribution >= 4 is 32.7 Å². The second-order valence-corrected chi connectivity index (χ2v) is 5.78. The SMILES string of the molecule is CN(Cc1ccccc1Br)C(=O)c1ccc2cn[nH]c2c1. The molecule has 0 radical (unpaired) electrons. The van der Waals surface area contributed by atoms with Gasteiger partial charge >= 0.3 is 0 Å². The smallest absolute Gasteiger partial charge is 0.253 e. The number of hydrogen-bond acceptors (Lipinski definition) is 2. The summed E-state index contributed by atoms with van der Waals surface area (Å²) in [5.41, 5.74) is 2.60. The quantitative estimate of drug-likeness (QED) is 0.789. The molecule has 0 bridgehead atoms. The monoisotopic (exact) mass is 343 g/mol. The van der Waals surface area contributed by atoms with Crippen LogP contribution in [0, 0.1) is 0 Å². The third-order valence-corrected chi connectivity index (χ3v) is 4.17. The zero-order valence-corrected chi connectivity index (χ0v) is 13.1. The first-order valence-corrected chi connectivity index (χ1v) is 7.36. The summed E-state index contributed by atoms with van der Waals surface area (Å²) in [7, 11) is 1.80. The van der Waals surface area contributed by atoms with Gasteiger partial charge in [-0.3, -0.25) is 9.89 Å². The summed E-state index contributed by atoms with van der Waals surface area (Å²) >= 11 is 3.51. The van der Waals surface area contributed by atoms with Crippen molar-refractivity contribution in [2.75, 3.05) is 7.05 Å². The van der Waals surface area contributed by atoms with Crippen molar-refractivity contribution in [2.24, 2.45) is 0 Å². The van der Waals surface area contributed by atoms with Crippen LogP contribution in [0.2, 0.25) is 0 Å². The van der Waals surface area contributed by atoms with Crippen molar-refractivity contribution in [1.82, 2.24) is 15.1 Å². The topological polar surface area (TPSA) is 49.0 Å². The Kier molecular flexibility index (Phi) is 3.75. The van der Waals surface area contributed by atoms with E-state index in [1.807, 2.05) is 42.5 Å². The highest BCUT2D eigenvalue weighted by Crippen LogP contribution is 2.19. The Morgan fingerprint density at radius 2 is 2.10 bits per heavy atom. The van der Waals surface area contributed by atoms with Gasteiger partial charge in [0, 0.05) is 29.0 Å². The number of aromatic amines is 1. The molecule has 1 heterocycles. The number of carbonyl (C=O) groups is 1. The zero-order chi connectivity index (χ0) is 14.8. The average molecular weight is 344 g/mol. The van der Waals surface area contributed by atoms with Crippen molar-refractivity contribution in [3.63, 3.8) is 0 Å². The summed E-state index contributed by atoms with van der Waals surface area (Å²) in [6.07, 6.45) is 1.74. The Bertz CT molecular complexity index is 797. The molecule has 0 aliphatic carbocycles. The average Bonchev–Trinajstić information content (AvgIpc) is 2.96. The third-order valence-electron chi connectivity index (χ3n) is 3.40. The molecule has 0 spiro atoms. The van der Waals surface area contributed by atoms with E-state index < -0.39 is 0 Å². The van der Waals surface area contributed by atoms with E-state index in [2.05, 4.69) is 26.1 Å². The lowest BCUT2D eigenvalue weighted by Gasteiger charge is -2.18. The molecule has 0 aliphatic heterocycles. The standard InChI is InChI=1S/C16H14BrN3O/c1-20(10-13-4-2-3-5-14(13)17)16(21)11-6-7-12-9-18-19-15(12)8-11/h2-9H,10H2,1H3,(H,18,19). The van der Waals surface area contributed by atoms with Crippen LogP contribution >= 0.6 is 15.9 Å². The number of nitrogens with one attached hydrogen (secondary N) is 1. The van der Waals surface area contributed by atoms with Gasteiger partial charge in [-0.1, -0.05) is 40.2 Å². The van der Waals surface area contributed by atoms with Gasteiger partial charge in [0.15, 0.2) is 0 Å². The largest absolute Gasteiger partial charge is 0.337 e. The van der Waals surface area contributed by atoms with Crippen LogP contribution in [-0.4, -0.2) is 28.1 Å². The van der Waals surface area contributed by atoms with Crippen LogP contribution in [0.3, 0.4) is 0 Å². The Morgan fingerprint density at radius 3 is 2.90 bits per heavy atom. The first-order chi connectivity index (χ1) is 10.1. The van der Waals surface area contributed by atoms with Gasteiger partial charge in [-0.15, -0.1) is 0 Å². The predicted molar refractivity (Wildman–Crippen MR) is 86.0 cm³/mol. The van der Waals surface area contributed by atoms with E-state index in [1.54, 1.807) is 18.1 Å². The van der Waals surface area contributed by atoms with Gasteiger partial charge < -0.3 is 4.90 Å². The number of nitrogens with zero attached hydrogens (tertiary/aromatic N) is 2. The summed E-state index contributed by atoms with van der Waals surface area (Å²) in [6.45, 7) is 0.557. The van der Waals surface area contributed by atoms with Crippen molar-refractivity contribution in [3.8, 4) is 0 Å². The van der Waals surface area contributed by atoms with E-state index in [0.717, 1.165) is 20.9 Å². The molecule has 0 saturated carbocycles. The zero-order valence-electron chi connectivity index (χ0n) is 11.5. The first-order valence-electron chi connectivity index (χ1n) is 6.57. The number of benzene rings is 2. The number of rotatable bonds is 3. The summed E-state index contributed by atoms with van der Waals surface area (Å²) in [6, 6.07) is 13.5. The van der Waals surface area contributed by atoms with E-state index in [0.29, 0.717) is 12.1 Å². The minimum absolute atomic E-state index is 0.0118. The minimum atomic E-state index is -0.0118. The van der Waals surface area contributed by atoms with E-state index in [1.165, 1.54) is 0 Å². The number of amides is 1. The second kappa shape index (κ2) is 5.69. The molecule has 0 aliphatic rings. The molecule has 5 heteroatoms. The number of fused-ring (bicyclic) bond motifs is 1. The summed E-state index contributed by atoms with van der Waals surface area (Å²) in [5, 5.41) is 7.85. The van der Waals surface area contributed by atoms with Crippen LogP contribution in [0.25, 0.3) is 10.9 Å². The van der Waals surface area contributed by atoms with Crippen LogP contribution in [-0.2, 0) is 6.54 Å². The van der Waals surface area contributed by atoms with E-state index >= 15 is 0 Å². The molecule has 1 aromatic heterocycles. The number of hydrogen-bond donors (Lipinski definition) is 1. The normalized spacial score (nSPS) is 10.8. The second-order valence-electron chi connectivity index (χ2n) is 4.92. The molecule has 3 rings (SSSR count). The molecule has 0 saturated heterocycles. The molecule has 2 aromatic carbocycles. The molecule has 0 atom stereocenters. The summed E-state index contributed by atoms with van der Waals surface area (Å²) < 4.78 is 1.01. The van der Waals surface area contributed by atoms with E-state index in [4.69, 9.17) is 0 Å². The molecule has 0 unspecified atom stereocenters. The van der Waals surface area contributed by atoms with Gasteiger partial charge in [0.05, 0.1) is 11.7 Å².